The molecule has 0 aromatic heterocycles. The molecule has 1 rings (SSSR count). The maximum Gasteiger partial charge on any atom is 0.229 e. The summed E-state index contributed by atoms with van der Waals surface area (Å²) in [5.41, 5.74) is -0.478. The number of nitrogens with zero attached hydrogens (tertiary/aromatic N) is 1. The van der Waals surface area contributed by atoms with Crippen LogP contribution in [0.25, 0.3) is 0 Å². The lowest BCUT2D eigenvalue weighted by Crippen LogP contribution is -2.54. The molecule has 1 atom stereocenters. The van der Waals surface area contributed by atoms with E-state index in [4.69, 9.17) is 0 Å². The SMILES string of the molecule is C=CCN(C(=O)C(C)(C)C1CCCNC1)C(C)(C)C. The van der Waals surface area contributed by atoms with Gasteiger partial charge in [0.15, 0.2) is 0 Å². The van der Waals surface area contributed by atoms with Crippen molar-refractivity contribution in [3.63, 3.8) is 0 Å². The number of nitrogens with one attached hydrogen (secondary N) is 1. The molecule has 0 bridgehead atoms. The fourth-order valence-electron chi connectivity index (χ4n) is 2.78. The average Bonchev–Trinajstić information content (AvgIpc) is 2.34. The van der Waals surface area contributed by atoms with Crippen LogP contribution in [0, 0.1) is 11.3 Å². The monoisotopic (exact) mass is 266 g/mol. The Morgan fingerprint density at radius 2 is 2.00 bits per heavy atom. The number of carbonyl (C=O) groups excluding carboxylic acids is 1. The lowest BCUT2D eigenvalue weighted by Gasteiger charge is -2.44. The summed E-state index contributed by atoms with van der Waals surface area (Å²) in [5, 5.41) is 3.41. The summed E-state index contributed by atoms with van der Waals surface area (Å²) in [5.74, 6) is 0.664. The molecule has 0 aromatic rings. The van der Waals surface area contributed by atoms with Crippen LogP contribution in [0.15, 0.2) is 12.7 Å². The van der Waals surface area contributed by atoms with Gasteiger partial charge in [-0.1, -0.05) is 19.9 Å². The van der Waals surface area contributed by atoms with Gasteiger partial charge in [0.1, 0.15) is 0 Å². The maximum absolute atomic E-state index is 13.0. The van der Waals surface area contributed by atoms with Crippen LogP contribution in [0.2, 0.25) is 0 Å². The van der Waals surface area contributed by atoms with E-state index in [1.807, 2.05) is 11.0 Å². The van der Waals surface area contributed by atoms with E-state index in [1.165, 1.54) is 6.42 Å². The van der Waals surface area contributed by atoms with Crippen LogP contribution < -0.4 is 5.32 Å². The molecule has 110 valence electrons. The molecule has 1 N–H and O–H groups in total. The Morgan fingerprint density at radius 3 is 2.42 bits per heavy atom. The number of amides is 1. The predicted molar refractivity (Wildman–Crippen MR) is 81.0 cm³/mol. The van der Waals surface area contributed by atoms with Gasteiger partial charge in [-0.05, 0) is 52.6 Å². The molecule has 1 fully saturated rings. The molecule has 1 unspecified atom stereocenters. The molecule has 19 heavy (non-hydrogen) atoms. The van der Waals surface area contributed by atoms with Crippen LogP contribution in [-0.2, 0) is 4.79 Å². The summed E-state index contributed by atoms with van der Waals surface area (Å²) in [4.78, 5) is 14.9. The smallest absolute Gasteiger partial charge is 0.229 e. The van der Waals surface area contributed by atoms with Crippen LogP contribution in [0.4, 0.5) is 0 Å². The molecule has 0 radical (unpaired) electrons. The Bertz CT molecular complexity index is 322. The van der Waals surface area contributed by atoms with Crippen molar-refractivity contribution >= 4 is 5.91 Å². The zero-order valence-corrected chi connectivity index (χ0v) is 13.3. The summed E-state index contributed by atoms with van der Waals surface area (Å²) in [6.45, 7) is 16.9. The molecule has 0 spiro atoms. The Labute approximate surface area is 118 Å². The summed E-state index contributed by atoms with van der Waals surface area (Å²) < 4.78 is 0. The van der Waals surface area contributed by atoms with Gasteiger partial charge in [0.05, 0.1) is 0 Å². The van der Waals surface area contributed by atoms with Gasteiger partial charge in [-0.2, -0.15) is 0 Å². The predicted octanol–water partition coefficient (Wildman–Crippen LogP) is 2.83. The van der Waals surface area contributed by atoms with Crippen molar-refractivity contribution in [1.29, 1.82) is 0 Å². The van der Waals surface area contributed by atoms with Crippen molar-refractivity contribution in [3.05, 3.63) is 12.7 Å². The van der Waals surface area contributed by atoms with Crippen molar-refractivity contribution in [2.75, 3.05) is 19.6 Å². The van der Waals surface area contributed by atoms with Gasteiger partial charge in [0.2, 0.25) is 5.91 Å². The van der Waals surface area contributed by atoms with Crippen molar-refractivity contribution in [2.24, 2.45) is 11.3 Å². The molecular formula is C16H30N2O. The highest BCUT2D eigenvalue weighted by atomic mass is 16.2. The van der Waals surface area contributed by atoms with E-state index in [2.05, 4.69) is 46.5 Å². The highest BCUT2D eigenvalue weighted by Crippen LogP contribution is 2.35. The first-order valence-electron chi connectivity index (χ1n) is 7.35. The molecule has 1 aliphatic heterocycles. The first kappa shape index (κ1) is 16.2. The third-order valence-corrected chi connectivity index (χ3v) is 4.24. The van der Waals surface area contributed by atoms with Gasteiger partial charge in [-0.15, -0.1) is 6.58 Å². The third-order valence-electron chi connectivity index (χ3n) is 4.24. The second-order valence-corrected chi connectivity index (χ2v) is 7.14. The molecule has 1 saturated heterocycles. The Kier molecular flexibility index (Phi) is 5.19. The van der Waals surface area contributed by atoms with Crippen molar-refractivity contribution in [1.82, 2.24) is 10.2 Å². The average molecular weight is 266 g/mol. The van der Waals surface area contributed by atoms with Gasteiger partial charge in [0.25, 0.3) is 0 Å². The lowest BCUT2D eigenvalue weighted by atomic mass is 9.73. The van der Waals surface area contributed by atoms with E-state index in [0.29, 0.717) is 12.5 Å². The molecule has 1 amide bonds. The minimum Gasteiger partial charge on any atom is -0.334 e. The second-order valence-electron chi connectivity index (χ2n) is 7.14. The minimum atomic E-state index is -0.316. The van der Waals surface area contributed by atoms with Gasteiger partial charge >= 0.3 is 0 Å². The van der Waals surface area contributed by atoms with E-state index >= 15 is 0 Å². The maximum atomic E-state index is 13.0. The van der Waals surface area contributed by atoms with Crippen LogP contribution in [0.3, 0.4) is 0 Å². The number of carbonyl (C=O) groups is 1. The zero-order valence-electron chi connectivity index (χ0n) is 13.3. The zero-order chi connectivity index (χ0) is 14.7. The largest absolute Gasteiger partial charge is 0.334 e. The standard InChI is InChI=1S/C16H30N2O/c1-7-11-18(15(2,3)4)14(19)16(5,6)13-9-8-10-17-12-13/h7,13,17H,1,8-12H2,2-6H3. The van der Waals surface area contributed by atoms with Crippen molar-refractivity contribution in [3.8, 4) is 0 Å². The van der Waals surface area contributed by atoms with Crippen molar-refractivity contribution in [2.45, 2.75) is 53.0 Å². The molecule has 0 aliphatic carbocycles. The van der Waals surface area contributed by atoms with Gasteiger partial charge in [0, 0.05) is 17.5 Å². The number of hydrogen-bond acceptors (Lipinski definition) is 2. The first-order valence-corrected chi connectivity index (χ1v) is 7.35. The molecule has 3 heteroatoms. The third kappa shape index (κ3) is 3.82. The first-order chi connectivity index (χ1) is 8.71. The van der Waals surface area contributed by atoms with E-state index in [0.717, 1.165) is 19.5 Å². The van der Waals surface area contributed by atoms with Gasteiger partial charge in [-0.25, -0.2) is 0 Å². The lowest BCUT2D eigenvalue weighted by molar-refractivity contribution is -0.148. The normalized spacial score (nSPS) is 21.0. The van der Waals surface area contributed by atoms with Crippen LogP contribution >= 0.6 is 0 Å². The molecule has 1 aliphatic rings. The van der Waals surface area contributed by atoms with E-state index in [1.54, 1.807) is 0 Å². The Hall–Kier alpha value is -0.830. The minimum absolute atomic E-state index is 0.162. The summed E-state index contributed by atoms with van der Waals surface area (Å²) in [6.07, 6.45) is 4.12. The molecule has 1 heterocycles. The number of piperidine rings is 1. The topological polar surface area (TPSA) is 32.3 Å². The van der Waals surface area contributed by atoms with Crippen LogP contribution in [0.1, 0.15) is 47.5 Å². The van der Waals surface area contributed by atoms with E-state index in [-0.39, 0.29) is 16.9 Å². The highest BCUT2D eigenvalue weighted by Gasteiger charge is 2.42. The molecular weight excluding hydrogens is 236 g/mol. The Balaban J connectivity index is 2.90. The van der Waals surface area contributed by atoms with Gasteiger partial charge in [-0.3, -0.25) is 4.79 Å². The Morgan fingerprint density at radius 1 is 1.37 bits per heavy atom. The summed E-state index contributed by atoms with van der Waals surface area (Å²) in [7, 11) is 0. The fraction of sp³-hybridized carbons (Fsp3) is 0.812. The van der Waals surface area contributed by atoms with E-state index in [9.17, 15) is 4.79 Å². The molecule has 3 nitrogen and oxygen atoms in total. The molecule has 0 saturated carbocycles. The van der Waals surface area contributed by atoms with Crippen molar-refractivity contribution < 1.29 is 4.79 Å². The van der Waals surface area contributed by atoms with E-state index < -0.39 is 0 Å². The number of hydrogen-bond donors (Lipinski definition) is 1. The van der Waals surface area contributed by atoms with Gasteiger partial charge < -0.3 is 10.2 Å². The summed E-state index contributed by atoms with van der Waals surface area (Å²) >= 11 is 0. The molecule has 0 aromatic carbocycles. The number of rotatable bonds is 4. The fourth-order valence-corrected chi connectivity index (χ4v) is 2.78. The highest BCUT2D eigenvalue weighted by molar-refractivity contribution is 5.83. The summed E-state index contributed by atoms with van der Waals surface area (Å²) in [6, 6.07) is 0. The quantitative estimate of drug-likeness (QED) is 0.794. The van der Waals surface area contributed by atoms with Crippen LogP contribution in [0.5, 0.6) is 0 Å². The second kappa shape index (κ2) is 6.08. The van der Waals surface area contributed by atoms with Crippen LogP contribution in [-0.4, -0.2) is 36.0 Å².